The molecule has 274 valence electrons. The van der Waals surface area contributed by atoms with E-state index in [0.29, 0.717) is 45.9 Å². The van der Waals surface area contributed by atoms with Gasteiger partial charge < -0.3 is 24.1 Å². The predicted octanol–water partition coefficient (Wildman–Crippen LogP) is 9.78. The summed E-state index contributed by atoms with van der Waals surface area (Å²) in [6.45, 7) is 10.4. The maximum atomic E-state index is 12.5. The minimum atomic E-state index is -0.576. The van der Waals surface area contributed by atoms with Gasteiger partial charge >= 0.3 is 12.1 Å². The van der Waals surface area contributed by atoms with Gasteiger partial charge in [0.05, 0.1) is 19.8 Å². The van der Waals surface area contributed by atoms with Crippen molar-refractivity contribution in [1.29, 1.82) is 0 Å². The maximum absolute atomic E-state index is 12.5. The molecule has 46 heavy (non-hydrogen) atoms. The first kappa shape index (κ1) is 44.6. The lowest BCUT2D eigenvalue weighted by atomic mass is 10.0. The van der Waals surface area contributed by atoms with Crippen molar-refractivity contribution < 1.29 is 33.6 Å². The van der Waals surface area contributed by atoms with Gasteiger partial charge in [-0.2, -0.15) is 0 Å². The van der Waals surface area contributed by atoms with E-state index in [1.54, 1.807) is 0 Å². The van der Waals surface area contributed by atoms with Crippen molar-refractivity contribution in [3.63, 3.8) is 0 Å². The van der Waals surface area contributed by atoms with Gasteiger partial charge in [0.25, 0.3) is 0 Å². The molecule has 1 N–H and O–H groups in total. The molecule has 8 nitrogen and oxygen atoms in total. The highest BCUT2D eigenvalue weighted by atomic mass is 16.7. The Morgan fingerprint density at radius 2 is 1.04 bits per heavy atom. The van der Waals surface area contributed by atoms with Gasteiger partial charge in [-0.05, 0) is 44.9 Å². The zero-order chi connectivity index (χ0) is 33.8. The summed E-state index contributed by atoms with van der Waals surface area (Å²) in [7, 11) is 0. The number of unbranched alkanes of at least 4 members (excludes halogenated alkanes) is 17. The van der Waals surface area contributed by atoms with Gasteiger partial charge in [0, 0.05) is 32.7 Å². The molecule has 8 heteroatoms. The number of nitrogens with zero attached hydrogens (tertiary/aromatic N) is 1. The van der Waals surface area contributed by atoms with Gasteiger partial charge in [-0.1, -0.05) is 124 Å². The number of hydrogen-bond acceptors (Lipinski definition) is 8. The molecule has 0 aliphatic rings. The molecule has 0 saturated carbocycles. The van der Waals surface area contributed by atoms with Crippen molar-refractivity contribution >= 4 is 12.1 Å². The van der Waals surface area contributed by atoms with Crippen molar-refractivity contribution in [1.82, 2.24) is 4.90 Å². The molecule has 0 aliphatic heterocycles. The van der Waals surface area contributed by atoms with Crippen molar-refractivity contribution in [2.24, 2.45) is 0 Å². The Morgan fingerprint density at radius 3 is 1.63 bits per heavy atom. The van der Waals surface area contributed by atoms with Crippen LogP contribution in [0.2, 0.25) is 0 Å². The Bertz CT molecular complexity index is 633. The molecule has 0 unspecified atom stereocenters. The molecule has 0 aromatic heterocycles. The molecule has 0 atom stereocenters. The Balaban J connectivity index is 4.08. The molecule has 0 bridgehead atoms. The van der Waals surface area contributed by atoms with Crippen molar-refractivity contribution in [3.8, 4) is 0 Å². The number of ether oxygens (including phenoxy) is 4. The molecule has 0 heterocycles. The second kappa shape index (κ2) is 36.5. The van der Waals surface area contributed by atoms with E-state index in [1.165, 1.54) is 89.9 Å². The third kappa shape index (κ3) is 32.6. The van der Waals surface area contributed by atoms with Gasteiger partial charge in [-0.3, -0.25) is 9.69 Å². The maximum Gasteiger partial charge on any atom is 0.508 e. The highest BCUT2D eigenvalue weighted by Crippen LogP contribution is 2.17. The molecule has 0 rings (SSSR count). The molecule has 0 amide bonds. The number of carbonyl (C=O) groups is 2. The Morgan fingerprint density at radius 1 is 0.543 bits per heavy atom. The Kier molecular flexibility index (Phi) is 35.4. The lowest BCUT2D eigenvalue weighted by molar-refractivity contribution is -0.143. The van der Waals surface area contributed by atoms with Crippen LogP contribution in [-0.4, -0.2) is 80.9 Å². The van der Waals surface area contributed by atoms with E-state index < -0.39 is 6.16 Å². The predicted molar refractivity (Wildman–Crippen MR) is 189 cm³/mol. The fourth-order valence-electron chi connectivity index (χ4n) is 5.56. The van der Waals surface area contributed by atoms with Crippen molar-refractivity contribution in [2.45, 2.75) is 181 Å². The molecular weight excluding hydrogens is 582 g/mol. The molecule has 0 aromatic rings. The minimum Gasteiger partial charge on any atom is -0.466 e. The van der Waals surface area contributed by atoms with E-state index in [1.807, 2.05) is 4.90 Å². The average molecular weight is 658 g/mol. The standard InChI is InChI=1S/C38H75NO7/c1-4-7-10-13-16-20-25-36(26-21-17-14-11-8-5-2)46-38(42)45-35-30-39(28-31-40)29-34-43-32-23-19-22-27-37(41)44-33-24-18-15-12-9-6-3/h36,40H,4-35H2,1-3H3. The summed E-state index contributed by atoms with van der Waals surface area (Å²) in [5.41, 5.74) is 0. The van der Waals surface area contributed by atoms with Crippen LogP contribution >= 0.6 is 0 Å². The Hall–Kier alpha value is -1.38. The number of aliphatic hydroxyl groups is 1. The molecule has 0 aliphatic carbocycles. The van der Waals surface area contributed by atoms with E-state index in [-0.39, 0.29) is 25.3 Å². The first-order valence-electron chi connectivity index (χ1n) is 19.5. The second-order valence-electron chi connectivity index (χ2n) is 12.9. The van der Waals surface area contributed by atoms with Crippen molar-refractivity contribution in [2.75, 3.05) is 52.7 Å². The second-order valence-corrected chi connectivity index (χ2v) is 12.9. The number of hydrogen-bond donors (Lipinski definition) is 1. The summed E-state index contributed by atoms with van der Waals surface area (Å²) in [5, 5.41) is 9.47. The molecular formula is C38H75NO7. The largest absolute Gasteiger partial charge is 0.508 e. The van der Waals surface area contributed by atoms with Gasteiger partial charge in [0.1, 0.15) is 12.7 Å². The van der Waals surface area contributed by atoms with E-state index in [0.717, 1.165) is 57.8 Å². The van der Waals surface area contributed by atoms with E-state index in [2.05, 4.69) is 20.8 Å². The SMILES string of the molecule is CCCCCCCCOC(=O)CCCCCOCCN(CCO)CCOC(=O)OC(CCCCCCCC)CCCCCCCC. The van der Waals surface area contributed by atoms with Crippen LogP contribution in [0.5, 0.6) is 0 Å². The first-order valence-corrected chi connectivity index (χ1v) is 19.5. The van der Waals surface area contributed by atoms with E-state index in [9.17, 15) is 14.7 Å². The molecule has 0 aromatic carbocycles. The topological polar surface area (TPSA) is 94.5 Å². The average Bonchev–Trinajstić information content (AvgIpc) is 3.04. The number of carbonyl (C=O) groups excluding carboxylic acids is 2. The van der Waals surface area contributed by atoms with Crippen LogP contribution in [0.1, 0.15) is 175 Å². The molecule has 0 radical (unpaired) electrons. The lowest BCUT2D eigenvalue weighted by Gasteiger charge is -2.22. The third-order valence-corrected chi connectivity index (χ3v) is 8.55. The lowest BCUT2D eigenvalue weighted by Crippen LogP contribution is -2.34. The molecule has 0 fully saturated rings. The van der Waals surface area contributed by atoms with Gasteiger partial charge in [0.15, 0.2) is 0 Å². The van der Waals surface area contributed by atoms with Crippen LogP contribution < -0.4 is 0 Å². The fraction of sp³-hybridized carbons (Fsp3) is 0.947. The summed E-state index contributed by atoms with van der Waals surface area (Å²) in [6.07, 6.45) is 26.2. The Labute approximate surface area is 284 Å². The number of rotatable bonds is 36. The van der Waals surface area contributed by atoms with Crippen LogP contribution in [0.25, 0.3) is 0 Å². The van der Waals surface area contributed by atoms with Crippen LogP contribution in [0.3, 0.4) is 0 Å². The quantitative estimate of drug-likeness (QED) is 0.0526. The number of aliphatic hydroxyl groups excluding tert-OH is 1. The van der Waals surface area contributed by atoms with Gasteiger partial charge in [0.2, 0.25) is 0 Å². The van der Waals surface area contributed by atoms with Gasteiger partial charge in [-0.25, -0.2) is 4.79 Å². The minimum absolute atomic E-state index is 0.0397. The zero-order valence-electron chi connectivity index (χ0n) is 30.5. The summed E-state index contributed by atoms with van der Waals surface area (Å²) in [4.78, 5) is 26.4. The van der Waals surface area contributed by atoms with Crippen molar-refractivity contribution in [3.05, 3.63) is 0 Å². The van der Waals surface area contributed by atoms with Crippen LogP contribution in [0.15, 0.2) is 0 Å². The molecule has 0 spiro atoms. The van der Waals surface area contributed by atoms with Crippen LogP contribution in [0.4, 0.5) is 4.79 Å². The van der Waals surface area contributed by atoms with Crippen LogP contribution in [0, 0.1) is 0 Å². The fourth-order valence-corrected chi connectivity index (χ4v) is 5.56. The summed E-state index contributed by atoms with van der Waals surface area (Å²) in [5.74, 6) is -0.0913. The normalized spacial score (nSPS) is 11.4. The van der Waals surface area contributed by atoms with E-state index >= 15 is 0 Å². The first-order chi connectivity index (χ1) is 22.6. The van der Waals surface area contributed by atoms with Gasteiger partial charge in [-0.15, -0.1) is 0 Å². The summed E-state index contributed by atoms with van der Waals surface area (Å²) >= 11 is 0. The smallest absolute Gasteiger partial charge is 0.466 e. The highest BCUT2D eigenvalue weighted by Gasteiger charge is 2.16. The number of esters is 1. The van der Waals surface area contributed by atoms with Crippen LogP contribution in [-0.2, 0) is 23.7 Å². The zero-order valence-corrected chi connectivity index (χ0v) is 30.5. The summed E-state index contributed by atoms with van der Waals surface area (Å²) in [6, 6.07) is 0. The molecule has 0 saturated heterocycles. The monoisotopic (exact) mass is 658 g/mol. The summed E-state index contributed by atoms with van der Waals surface area (Å²) < 4.78 is 22.3. The van der Waals surface area contributed by atoms with E-state index in [4.69, 9.17) is 18.9 Å². The highest BCUT2D eigenvalue weighted by molar-refractivity contribution is 5.69. The third-order valence-electron chi connectivity index (χ3n) is 8.55.